The Bertz CT molecular complexity index is 537. The molecule has 2 rings (SSSR count). The van der Waals surface area contributed by atoms with Crippen molar-refractivity contribution in [1.29, 1.82) is 0 Å². The minimum absolute atomic E-state index is 0.278. The minimum atomic E-state index is 0.278. The van der Waals surface area contributed by atoms with Gasteiger partial charge in [-0.2, -0.15) is 0 Å². The maximum absolute atomic E-state index is 9.63. The molecule has 0 amide bonds. The van der Waals surface area contributed by atoms with Gasteiger partial charge in [-0.05, 0) is 46.2 Å². The lowest BCUT2D eigenvalue weighted by molar-refractivity contribution is 0.358. The molecule has 2 aromatic carbocycles. The van der Waals surface area contributed by atoms with E-state index in [1.54, 1.807) is 20.3 Å². The highest BCUT2D eigenvalue weighted by Crippen LogP contribution is 2.38. The first-order valence-corrected chi connectivity index (χ1v) is 5.78. The maximum atomic E-state index is 9.63. The second kappa shape index (κ2) is 4.37. The summed E-state index contributed by atoms with van der Waals surface area (Å²) in [6, 6.07) is 7.33. The third kappa shape index (κ3) is 1.77. The Hall–Kier alpha value is -1.17. The Morgan fingerprint density at radius 3 is 2.50 bits per heavy atom. The van der Waals surface area contributed by atoms with Crippen molar-refractivity contribution < 1.29 is 14.6 Å². The van der Waals surface area contributed by atoms with E-state index < -0.39 is 0 Å². The van der Waals surface area contributed by atoms with Crippen LogP contribution in [0.1, 0.15) is 0 Å². The van der Waals surface area contributed by atoms with E-state index in [9.17, 15) is 5.11 Å². The molecule has 4 heteroatoms. The molecule has 0 atom stereocenters. The monoisotopic (exact) mass is 330 g/mol. The van der Waals surface area contributed by atoms with Crippen molar-refractivity contribution in [2.45, 2.75) is 0 Å². The summed E-state index contributed by atoms with van der Waals surface area (Å²) in [5.41, 5.74) is 0. The number of halogens is 1. The number of methoxy groups -OCH3 is 2. The molecule has 0 bridgehead atoms. The molecule has 0 saturated heterocycles. The Balaban J connectivity index is 2.81. The lowest BCUT2D eigenvalue weighted by Crippen LogP contribution is -1.91. The molecule has 0 spiro atoms. The minimum Gasteiger partial charge on any atom is -0.507 e. The molecule has 84 valence electrons. The largest absolute Gasteiger partial charge is 0.507 e. The fraction of sp³-hybridized carbons (Fsp3) is 0.167. The van der Waals surface area contributed by atoms with Crippen molar-refractivity contribution in [3.63, 3.8) is 0 Å². The van der Waals surface area contributed by atoms with Crippen LogP contribution >= 0.6 is 22.6 Å². The van der Waals surface area contributed by atoms with Crippen molar-refractivity contribution in [3.05, 3.63) is 27.8 Å². The molecule has 0 saturated carbocycles. The fourth-order valence-corrected chi connectivity index (χ4v) is 2.12. The Labute approximate surface area is 107 Å². The fourth-order valence-electron chi connectivity index (χ4n) is 1.66. The molecule has 0 aliphatic rings. The standard InChI is InChI=1S/C12H11IO3/c1-15-11-4-3-7-5-10(14)9(13)6-8(7)12(11)16-2/h3-6,14H,1-2H3. The zero-order valence-corrected chi connectivity index (χ0v) is 11.1. The summed E-state index contributed by atoms with van der Waals surface area (Å²) in [5.74, 6) is 1.66. The number of aromatic hydroxyl groups is 1. The topological polar surface area (TPSA) is 38.7 Å². The summed E-state index contributed by atoms with van der Waals surface area (Å²) < 4.78 is 11.3. The van der Waals surface area contributed by atoms with Crippen LogP contribution in [0.15, 0.2) is 24.3 Å². The van der Waals surface area contributed by atoms with Crippen LogP contribution in [0.4, 0.5) is 0 Å². The van der Waals surface area contributed by atoms with E-state index in [4.69, 9.17) is 9.47 Å². The average molecular weight is 330 g/mol. The van der Waals surface area contributed by atoms with Crippen LogP contribution in [0.25, 0.3) is 10.8 Å². The van der Waals surface area contributed by atoms with Gasteiger partial charge in [0, 0.05) is 5.39 Å². The lowest BCUT2D eigenvalue weighted by atomic mass is 10.1. The van der Waals surface area contributed by atoms with Crippen molar-refractivity contribution >= 4 is 33.4 Å². The van der Waals surface area contributed by atoms with Crippen LogP contribution in [-0.2, 0) is 0 Å². The Kier molecular flexibility index (Phi) is 3.09. The van der Waals surface area contributed by atoms with E-state index in [1.165, 1.54) is 0 Å². The summed E-state index contributed by atoms with van der Waals surface area (Å²) in [6.45, 7) is 0. The molecule has 0 fully saturated rings. The summed E-state index contributed by atoms with van der Waals surface area (Å²) in [7, 11) is 3.21. The van der Waals surface area contributed by atoms with Gasteiger partial charge in [0.2, 0.25) is 0 Å². The van der Waals surface area contributed by atoms with Crippen molar-refractivity contribution in [2.24, 2.45) is 0 Å². The van der Waals surface area contributed by atoms with E-state index in [-0.39, 0.29) is 5.75 Å². The number of ether oxygens (including phenoxy) is 2. The van der Waals surface area contributed by atoms with Crippen LogP contribution in [0.2, 0.25) is 0 Å². The van der Waals surface area contributed by atoms with Gasteiger partial charge < -0.3 is 14.6 Å². The predicted molar refractivity (Wildman–Crippen MR) is 71.4 cm³/mol. The quantitative estimate of drug-likeness (QED) is 0.860. The highest BCUT2D eigenvalue weighted by Gasteiger charge is 2.10. The molecule has 0 aliphatic carbocycles. The molecular weight excluding hydrogens is 319 g/mol. The number of rotatable bonds is 2. The summed E-state index contributed by atoms with van der Waals surface area (Å²) in [5, 5.41) is 11.5. The van der Waals surface area contributed by atoms with Crippen LogP contribution < -0.4 is 9.47 Å². The van der Waals surface area contributed by atoms with Gasteiger partial charge in [-0.3, -0.25) is 0 Å². The van der Waals surface area contributed by atoms with Crippen molar-refractivity contribution in [1.82, 2.24) is 0 Å². The number of phenols is 1. The Morgan fingerprint density at radius 1 is 1.12 bits per heavy atom. The molecule has 16 heavy (non-hydrogen) atoms. The van der Waals surface area contributed by atoms with Crippen LogP contribution in [0, 0.1) is 3.57 Å². The normalized spacial score (nSPS) is 10.4. The highest BCUT2D eigenvalue weighted by molar-refractivity contribution is 14.1. The van der Waals surface area contributed by atoms with Crippen LogP contribution in [0.5, 0.6) is 17.2 Å². The van der Waals surface area contributed by atoms with Crippen LogP contribution in [0.3, 0.4) is 0 Å². The molecule has 0 aliphatic heterocycles. The Morgan fingerprint density at radius 2 is 1.88 bits per heavy atom. The number of hydrogen-bond donors (Lipinski definition) is 1. The highest BCUT2D eigenvalue weighted by atomic mass is 127. The number of phenolic OH excluding ortho intramolecular Hbond substituents is 1. The molecule has 0 radical (unpaired) electrons. The van der Waals surface area contributed by atoms with Crippen molar-refractivity contribution in [2.75, 3.05) is 14.2 Å². The molecular formula is C12H11IO3. The summed E-state index contributed by atoms with van der Waals surface area (Å²) >= 11 is 2.08. The average Bonchev–Trinajstić information content (AvgIpc) is 2.29. The zero-order chi connectivity index (χ0) is 11.7. The third-order valence-electron chi connectivity index (χ3n) is 2.43. The molecule has 0 unspecified atom stereocenters. The molecule has 1 N–H and O–H groups in total. The van der Waals surface area contributed by atoms with Crippen molar-refractivity contribution in [3.8, 4) is 17.2 Å². The molecule has 3 nitrogen and oxygen atoms in total. The number of hydrogen-bond acceptors (Lipinski definition) is 3. The van der Waals surface area contributed by atoms with Gasteiger partial charge in [0.15, 0.2) is 11.5 Å². The van der Waals surface area contributed by atoms with Gasteiger partial charge in [-0.15, -0.1) is 0 Å². The second-order valence-corrected chi connectivity index (χ2v) is 4.49. The van der Waals surface area contributed by atoms with Crippen LogP contribution in [-0.4, -0.2) is 19.3 Å². The van der Waals surface area contributed by atoms with Gasteiger partial charge in [-0.1, -0.05) is 6.07 Å². The molecule has 2 aromatic rings. The van der Waals surface area contributed by atoms with E-state index in [2.05, 4.69) is 22.6 Å². The predicted octanol–water partition coefficient (Wildman–Crippen LogP) is 3.17. The van der Waals surface area contributed by atoms with Gasteiger partial charge in [0.05, 0.1) is 17.8 Å². The smallest absolute Gasteiger partial charge is 0.168 e. The first-order valence-electron chi connectivity index (χ1n) is 4.70. The second-order valence-electron chi connectivity index (χ2n) is 3.33. The van der Waals surface area contributed by atoms with Gasteiger partial charge in [0.25, 0.3) is 0 Å². The van der Waals surface area contributed by atoms with E-state index >= 15 is 0 Å². The summed E-state index contributed by atoms with van der Waals surface area (Å²) in [6.07, 6.45) is 0. The number of benzene rings is 2. The molecule has 0 aromatic heterocycles. The summed E-state index contributed by atoms with van der Waals surface area (Å²) in [4.78, 5) is 0. The first kappa shape index (κ1) is 11.3. The zero-order valence-electron chi connectivity index (χ0n) is 8.95. The van der Waals surface area contributed by atoms with Gasteiger partial charge in [0.1, 0.15) is 5.75 Å². The number of fused-ring (bicyclic) bond motifs is 1. The maximum Gasteiger partial charge on any atom is 0.168 e. The molecule has 0 heterocycles. The SMILES string of the molecule is COc1ccc2cc(O)c(I)cc2c1OC. The lowest BCUT2D eigenvalue weighted by Gasteiger charge is -2.11. The first-order chi connectivity index (χ1) is 7.67. The van der Waals surface area contributed by atoms with Gasteiger partial charge >= 0.3 is 0 Å². The third-order valence-corrected chi connectivity index (χ3v) is 3.29. The van der Waals surface area contributed by atoms with E-state index in [0.717, 1.165) is 14.3 Å². The van der Waals surface area contributed by atoms with Gasteiger partial charge in [-0.25, -0.2) is 0 Å². The van der Waals surface area contributed by atoms with E-state index in [1.807, 2.05) is 18.2 Å². The van der Waals surface area contributed by atoms with E-state index in [0.29, 0.717) is 11.5 Å².